The molecule has 0 aliphatic carbocycles. The van der Waals surface area contributed by atoms with Gasteiger partial charge in [0.25, 0.3) is 11.8 Å². The average molecular weight is 425 g/mol. The highest BCUT2D eigenvalue weighted by Gasteiger charge is 2.27. The Morgan fingerprint density at radius 2 is 1.48 bits per heavy atom. The summed E-state index contributed by atoms with van der Waals surface area (Å²) in [5, 5.41) is 0. The van der Waals surface area contributed by atoms with E-state index in [-0.39, 0.29) is 42.3 Å². The Bertz CT molecular complexity index is 1020. The summed E-state index contributed by atoms with van der Waals surface area (Å²) in [4.78, 5) is 24.1. The van der Waals surface area contributed by atoms with Gasteiger partial charge in [0.15, 0.2) is 0 Å². The maximum Gasteiger partial charge on any atom is 0.269 e. The van der Waals surface area contributed by atoms with Crippen LogP contribution in [0.25, 0.3) is 0 Å². The summed E-state index contributed by atoms with van der Waals surface area (Å²) in [6.45, 7) is 0.982. The van der Waals surface area contributed by atoms with Crippen LogP contribution in [0.15, 0.2) is 47.4 Å². The van der Waals surface area contributed by atoms with E-state index in [1.807, 2.05) is 5.43 Å². The lowest BCUT2D eigenvalue weighted by Crippen LogP contribution is -2.42. The van der Waals surface area contributed by atoms with E-state index in [1.165, 1.54) is 28.6 Å². The molecule has 8 nitrogen and oxygen atoms in total. The summed E-state index contributed by atoms with van der Waals surface area (Å²) in [5.74, 6) is -3.62. The highest BCUT2D eigenvalue weighted by atomic mass is 32.2. The minimum absolute atomic E-state index is 0.0231. The number of halogens is 2. The van der Waals surface area contributed by atoms with Crippen LogP contribution in [0.2, 0.25) is 0 Å². The molecule has 0 atom stereocenters. The molecule has 1 saturated heterocycles. The van der Waals surface area contributed by atoms with Crippen molar-refractivity contribution in [3.8, 4) is 0 Å². The Hall–Kier alpha value is -2.89. The molecule has 3 rings (SSSR count). The van der Waals surface area contributed by atoms with Crippen LogP contribution in [0, 0.1) is 11.6 Å². The van der Waals surface area contributed by atoms with Crippen LogP contribution < -0.4 is 10.9 Å². The van der Waals surface area contributed by atoms with Crippen molar-refractivity contribution >= 4 is 21.8 Å². The van der Waals surface area contributed by atoms with Gasteiger partial charge in [0.2, 0.25) is 10.0 Å². The number of morpholine rings is 1. The summed E-state index contributed by atoms with van der Waals surface area (Å²) in [6, 6.07) is 7.51. The number of carbonyl (C=O) groups excluding carboxylic acids is 2. The van der Waals surface area contributed by atoms with Gasteiger partial charge < -0.3 is 4.74 Å². The summed E-state index contributed by atoms with van der Waals surface area (Å²) in [6.07, 6.45) is 0. The van der Waals surface area contributed by atoms with Crippen LogP contribution in [-0.2, 0) is 14.8 Å². The van der Waals surface area contributed by atoms with Gasteiger partial charge in [-0.25, -0.2) is 17.2 Å². The molecular weight excluding hydrogens is 408 g/mol. The van der Waals surface area contributed by atoms with Crippen molar-refractivity contribution in [3.63, 3.8) is 0 Å². The van der Waals surface area contributed by atoms with Gasteiger partial charge >= 0.3 is 0 Å². The molecule has 1 aliphatic heterocycles. The van der Waals surface area contributed by atoms with Crippen LogP contribution in [0.5, 0.6) is 0 Å². The molecular formula is C18H17F2N3O5S. The molecule has 0 saturated carbocycles. The Morgan fingerprint density at radius 3 is 2.10 bits per heavy atom. The zero-order chi connectivity index (χ0) is 21.0. The third-order valence-electron chi connectivity index (χ3n) is 4.12. The van der Waals surface area contributed by atoms with Gasteiger partial charge in [0, 0.05) is 30.3 Å². The highest BCUT2D eigenvalue weighted by molar-refractivity contribution is 7.89. The summed E-state index contributed by atoms with van der Waals surface area (Å²) >= 11 is 0. The van der Waals surface area contributed by atoms with E-state index in [0.717, 1.165) is 12.1 Å². The van der Waals surface area contributed by atoms with Crippen LogP contribution in [0.4, 0.5) is 8.78 Å². The second-order valence-electron chi connectivity index (χ2n) is 6.11. The number of rotatable bonds is 4. The third kappa shape index (κ3) is 4.94. The lowest BCUT2D eigenvalue weighted by atomic mass is 10.2. The molecule has 1 aliphatic rings. The molecule has 0 bridgehead atoms. The normalized spacial score (nSPS) is 15.0. The summed E-state index contributed by atoms with van der Waals surface area (Å²) < 4.78 is 58.1. The van der Waals surface area contributed by atoms with Crippen molar-refractivity contribution in [2.24, 2.45) is 0 Å². The fourth-order valence-electron chi connectivity index (χ4n) is 2.68. The van der Waals surface area contributed by atoms with Gasteiger partial charge in [-0.1, -0.05) is 6.07 Å². The van der Waals surface area contributed by atoms with Crippen molar-refractivity contribution in [1.82, 2.24) is 15.2 Å². The van der Waals surface area contributed by atoms with Gasteiger partial charge in [0.05, 0.1) is 18.1 Å². The van der Waals surface area contributed by atoms with Crippen LogP contribution in [0.3, 0.4) is 0 Å². The van der Waals surface area contributed by atoms with Gasteiger partial charge in [0.1, 0.15) is 11.6 Å². The number of carbonyl (C=O) groups is 2. The Balaban J connectivity index is 1.70. The van der Waals surface area contributed by atoms with E-state index in [4.69, 9.17) is 4.74 Å². The smallest absolute Gasteiger partial charge is 0.269 e. The number of nitrogens with zero attached hydrogens (tertiary/aromatic N) is 1. The first-order valence-corrected chi connectivity index (χ1v) is 9.96. The molecule has 2 N–H and O–H groups in total. The lowest BCUT2D eigenvalue weighted by molar-refractivity contribution is 0.0730. The molecule has 0 aromatic heterocycles. The molecule has 29 heavy (non-hydrogen) atoms. The zero-order valence-electron chi connectivity index (χ0n) is 15.0. The number of hydrazine groups is 1. The molecule has 0 spiro atoms. The van der Waals surface area contributed by atoms with Gasteiger partial charge in [-0.3, -0.25) is 20.4 Å². The molecule has 2 amide bonds. The topological polar surface area (TPSA) is 105 Å². The van der Waals surface area contributed by atoms with E-state index >= 15 is 0 Å². The standard InChI is InChI=1S/C18H17F2N3O5S/c19-14-8-13(9-15(20)11-14)18(25)22-21-17(24)12-2-1-3-16(10-12)29(26,27)23-4-6-28-7-5-23/h1-3,8-11H,4-7H2,(H,21,24)(H,22,25). The molecule has 2 aromatic rings. The van der Waals surface area contributed by atoms with Crippen LogP contribution >= 0.6 is 0 Å². The van der Waals surface area contributed by atoms with E-state index in [1.54, 1.807) is 0 Å². The van der Waals surface area contributed by atoms with E-state index in [0.29, 0.717) is 6.07 Å². The number of nitrogens with one attached hydrogen (secondary N) is 2. The summed E-state index contributed by atoms with van der Waals surface area (Å²) in [5.41, 5.74) is 3.76. The monoisotopic (exact) mass is 425 g/mol. The first kappa shape index (κ1) is 20.8. The Kier molecular flexibility index (Phi) is 6.20. The van der Waals surface area contributed by atoms with E-state index in [9.17, 15) is 26.8 Å². The van der Waals surface area contributed by atoms with Crippen molar-refractivity contribution in [1.29, 1.82) is 0 Å². The fourth-order valence-corrected chi connectivity index (χ4v) is 4.13. The van der Waals surface area contributed by atoms with Gasteiger partial charge in [-0.2, -0.15) is 4.31 Å². The quantitative estimate of drug-likeness (QED) is 0.713. The predicted octanol–water partition coefficient (Wildman–Crippen LogP) is 1.06. The summed E-state index contributed by atoms with van der Waals surface area (Å²) in [7, 11) is -3.80. The first-order valence-electron chi connectivity index (χ1n) is 8.52. The van der Waals surface area contributed by atoms with Crippen molar-refractivity contribution in [2.75, 3.05) is 26.3 Å². The fraction of sp³-hybridized carbons (Fsp3) is 0.222. The Morgan fingerprint density at radius 1 is 0.897 bits per heavy atom. The van der Waals surface area contributed by atoms with E-state index in [2.05, 4.69) is 5.43 Å². The molecule has 1 heterocycles. The van der Waals surface area contributed by atoms with Crippen LogP contribution in [0.1, 0.15) is 20.7 Å². The molecule has 2 aromatic carbocycles. The van der Waals surface area contributed by atoms with Gasteiger partial charge in [-0.15, -0.1) is 0 Å². The maximum absolute atomic E-state index is 13.2. The van der Waals surface area contributed by atoms with Crippen molar-refractivity contribution < 1.29 is 31.5 Å². The van der Waals surface area contributed by atoms with Crippen molar-refractivity contribution in [2.45, 2.75) is 4.90 Å². The lowest BCUT2D eigenvalue weighted by Gasteiger charge is -2.26. The predicted molar refractivity (Wildman–Crippen MR) is 97.3 cm³/mol. The SMILES string of the molecule is O=C(NNC(=O)c1cccc(S(=O)(=O)N2CCOCC2)c1)c1cc(F)cc(F)c1. The molecule has 11 heteroatoms. The van der Waals surface area contributed by atoms with Crippen LogP contribution in [-0.4, -0.2) is 50.8 Å². The first-order chi connectivity index (χ1) is 13.8. The number of sulfonamides is 1. The minimum Gasteiger partial charge on any atom is -0.379 e. The second-order valence-corrected chi connectivity index (χ2v) is 8.05. The molecule has 1 fully saturated rings. The average Bonchev–Trinajstić information content (AvgIpc) is 2.71. The zero-order valence-corrected chi connectivity index (χ0v) is 15.8. The number of ether oxygens (including phenoxy) is 1. The van der Waals surface area contributed by atoms with E-state index < -0.39 is 33.5 Å². The molecule has 0 radical (unpaired) electrons. The molecule has 154 valence electrons. The third-order valence-corrected chi connectivity index (χ3v) is 6.01. The molecule has 0 unspecified atom stereocenters. The second kappa shape index (κ2) is 8.64. The number of benzene rings is 2. The number of hydrogen-bond donors (Lipinski definition) is 2. The largest absolute Gasteiger partial charge is 0.379 e. The van der Waals surface area contributed by atoms with Crippen molar-refractivity contribution in [3.05, 3.63) is 65.2 Å². The highest BCUT2D eigenvalue weighted by Crippen LogP contribution is 2.18. The minimum atomic E-state index is -3.80. The number of hydrogen-bond acceptors (Lipinski definition) is 5. The van der Waals surface area contributed by atoms with Gasteiger partial charge in [-0.05, 0) is 30.3 Å². The Labute approximate surface area is 165 Å². The maximum atomic E-state index is 13.2. The number of amides is 2.